The first-order valence-corrected chi connectivity index (χ1v) is 14.9. The quantitative estimate of drug-likeness (QED) is 0.310. The summed E-state index contributed by atoms with van der Waals surface area (Å²) in [6.07, 6.45) is 1.85. The van der Waals surface area contributed by atoms with Crippen molar-refractivity contribution in [1.29, 1.82) is 0 Å². The molecule has 0 bridgehead atoms. The first-order chi connectivity index (χ1) is 19.9. The lowest BCUT2D eigenvalue weighted by molar-refractivity contribution is -0.157. The van der Waals surface area contributed by atoms with E-state index in [0.29, 0.717) is 32.4 Å². The van der Waals surface area contributed by atoms with Gasteiger partial charge in [-0.15, -0.1) is 0 Å². The molecule has 230 valence electrons. The van der Waals surface area contributed by atoms with E-state index in [0.717, 1.165) is 44.6 Å². The lowest BCUT2D eigenvalue weighted by atomic mass is 10.0. The lowest BCUT2D eigenvalue weighted by Crippen LogP contribution is -2.43. The van der Waals surface area contributed by atoms with Crippen LogP contribution in [-0.2, 0) is 20.5 Å². The van der Waals surface area contributed by atoms with Crippen molar-refractivity contribution < 1.29 is 32.3 Å². The molecule has 0 spiro atoms. The fraction of sp³-hybridized carbons (Fsp3) is 0.613. The van der Waals surface area contributed by atoms with Crippen molar-refractivity contribution in [3.05, 3.63) is 41.6 Å². The number of ether oxygens (including phenoxy) is 1. The van der Waals surface area contributed by atoms with Crippen LogP contribution < -0.4 is 5.32 Å². The average molecular weight is 591 g/mol. The zero-order valence-corrected chi connectivity index (χ0v) is 24.6. The van der Waals surface area contributed by atoms with Gasteiger partial charge in [0, 0.05) is 31.1 Å². The molecule has 8 nitrogen and oxygen atoms in total. The Morgan fingerprint density at radius 3 is 2.50 bits per heavy atom. The Morgan fingerprint density at radius 1 is 1.12 bits per heavy atom. The zero-order chi connectivity index (χ0) is 30.5. The van der Waals surface area contributed by atoms with Gasteiger partial charge in [-0.1, -0.05) is 38.0 Å². The monoisotopic (exact) mass is 590 g/mol. The Labute approximate surface area is 245 Å². The number of esters is 1. The normalized spacial score (nSPS) is 17.4. The molecule has 1 atom stereocenters. The maximum absolute atomic E-state index is 13.9. The second-order valence-electron chi connectivity index (χ2n) is 11.9. The molecule has 0 unspecified atom stereocenters. The van der Waals surface area contributed by atoms with Crippen LogP contribution in [0.2, 0.25) is 0 Å². The highest BCUT2D eigenvalue weighted by atomic mass is 19.4. The van der Waals surface area contributed by atoms with Crippen LogP contribution >= 0.6 is 0 Å². The van der Waals surface area contributed by atoms with Gasteiger partial charge < -0.3 is 15.0 Å². The highest BCUT2D eigenvalue weighted by Gasteiger charge is 2.36. The molecule has 1 N–H and O–H groups in total. The summed E-state index contributed by atoms with van der Waals surface area (Å²) >= 11 is 0. The van der Waals surface area contributed by atoms with E-state index in [1.165, 1.54) is 24.3 Å². The van der Waals surface area contributed by atoms with Crippen molar-refractivity contribution in [3.63, 3.8) is 0 Å². The first-order valence-electron chi connectivity index (χ1n) is 14.9. The minimum absolute atomic E-state index is 0.0184. The molecule has 4 rings (SSSR count). The van der Waals surface area contributed by atoms with Gasteiger partial charge in [-0.05, 0) is 64.5 Å². The van der Waals surface area contributed by atoms with Crippen LogP contribution in [0, 0.1) is 0 Å². The summed E-state index contributed by atoms with van der Waals surface area (Å²) in [4.78, 5) is 40.5. The Balaban J connectivity index is 1.60. The molecule has 1 saturated heterocycles. The molecule has 11 heteroatoms. The molecule has 1 aromatic carbocycles. The summed E-state index contributed by atoms with van der Waals surface area (Å²) in [5, 5.41) is 7.39. The molecule has 2 fully saturated rings. The minimum atomic E-state index is -4.58. The Bertz CT molecular complexity index is 1270. The molecule has 42 heavy (non-hydrogen) atoms. The van der Waals surface area contributed by atoms with Crippen LogP contribution in [0.1, 0.15) is 107 Å². The molecule has 2 aliphatic rings. The van der Waals surface area contributed by atoms with Crippen molar-refractivity contribution in [2.24, 2.45) is 0 Å². The summed E-state index contributed by atoms with van der Waals surface area (Å²) < 4.78 is 49.0. The van der Waals surface area contributed by atoms with Crippen LogP contribution in [-0.4, -0.2) is 57.2 Å². The third-order valence-electron chi connectivity index (χ3n) is 8.31. The SMILES string of the molecule is CCC(C)(C)OC(=O)C[C@H](CCN1CCCCC1=O)NC(=O)c1cc(-c2ccccc2C(F)(F)F)n(C2CCCC2)n1. The number of nitrogens with one attached hydrogen (secondary N) is 1. The Morgan fingerprint density at radius 2 is 1.83 bits per heavy atom. The topological polar surface area (TPSA) is 93.5 Å². The van der Waals surface area contributed by atoms with Crippen LogP contribution in [0.3, 0.4) is 0 Å². The molecule has 2 amide bonds. The number of aromatic nitrogens is 2. The second-order valence-corrected chi connectivity index (χ2v) is 11.9. The predicted octanol–water partition coefficient (Wildman–Crippen LogP) is 6.31. The maximum atomic E-state index is 13.9. The fourth-order valence-electron chi connectivity index (χ4n) is 5.61. The van der Waals surface area contributed by atoms with Crippen LogP contribution in [0.15, 0.2) is 30.3 Å². The van der Waals surface area contributed by atoms with Crippen LogP contribution in [0.5, 0.6) is 0 Å². The van der Waals surface area contributed by atoms with Crippen molar-refractivity contribution in [3.8, 4) is 11.3 Å². The van der Waals surface area contributed by atoms with Gasteiger partial charge in [-0.2, -0.15) is 18.3 Å². The van der Waals surface area contributed by atoms with Crippen molar-refractivity contribution >= 4 is 17.8 Å². The Hall–Kier alpha value is -3.37. The van der Waals surface area contributed by atoms with Gasteiger partial charge in [0.25, 0.3) is 5.91 Å². The van der Waals surface area contributed by atoms with E-state index in [4.69, 9.17) is 4.74 Å². The maximum Gasteiger partial charge on any atom is 0.417 e. The number of piperidine rings is 1. The standard InChI is InChI=1S/C31H41F3N4O4/c1-4-30(2,3)42-28(40)19-21(16-18-37-17-10-9-15-27(37)39)35-29(41)25-20-26(38(36-25)22-11-5-6-12-22)23-13-7-8-14-24(23)31(32,33)34/h7-8,13-14,20-22H,4-6,9-12,15-19H2,1-3H3,(H,35,41)/t21-/m0/s1. The van der Waals surface area contributed by atoms with E-state index < -0.39 is 35.3 Å². The summed E-state index contributed by atoms with van der Waals surface area (Å²) in [7, 11) is 0. The molecule has 1 aliphatic heterocycles. The summed E-state index contributed by atoms with van der Waals surface area (Å²) in [5.41, 5.74) is -1.28. The molecular formula is C31H41F3N4O4. The van der Waals surface area contributed by atoms with Gasteiger partial charge in [0.2, 0.25) is 5.91 Å². The van der Waals surface area contributed by atoms with Crippen LogP contribution in [0.25, 0.3) is 11.3 Å². The van der Waals surface area contributed by atoms with E-state index in [9.17, 15) is 27.6 Å². The summed E-state index contributed by atoms with van der Waals surface area (Å²) in [5.74, 6) is -1.02. The number of carbonyl (C=O) groups excluding carboxylic acids is 3. The van der Waals surface area contributed by atoms with E-state index in [1.807, 2.05) is 6.92 Å². The summed E-state index contributed by atoms with van der Waals surface area (Å²) in [6, 6.07) is 5.94. The van der Waals surface area contributed by atoms with Gasteiger partial charge in [0.1, 0.15) is 5.60 Å². The van der Waals surface area contributed by atoms with Crippen molar-refractivity contribution in [1.82, 2.24) is 20.0 Å². The van der Waals surface area contributed by atoms with Gasteiger partial charge in [0.15, 0.2) is 5.69 Å². The highest BCUT2D eigenvalue weighted by Crippen LogP contribution is 2.40. The number of halogens is 3. The van der Waals surface area contributed by atoms with E-state index in [1.54, 1.807) is 23.4 Å². The minimum Gasteiger partial charge on any atom is -0.460 e. The number of alkyl halides is 3. The van der Waals surface area contributed by atoms with Gasteiger partial charge in [-0.25, -0.2) is 0 Å². The van der Waals surface area contributed by atoms with E-state index in [2.05, 4.69) is 10.4 Å². The number of nitrogens with zero attached hydrogens (tertiary/aromatic N) is 3. The summed E-state index contributed by atoms with van der Waals surface area (Å²) in [6.45, 7) is 6.51. The van der Waals surface area contributed by atoms with Gasteiger partial charge in [0.05, 0.1) is 23.7 Å². The van der Waals surface area contributed by atoms with Crippen LogP contribution in [0.4, 0.5) is 13.2 Å². The molecule has 2 heterocycles. The lowest BCUT2D eigenvalue weighted by Gasteiger charge is -2.29. The molecule has 2 aromatic rings. The zero-order valence-electron chi connectivity index (χ0n) is 24.6. The largest absolute Gasteiger partial charge is 0.460 e. The molecule has 0 radical (unpaired) electrons. The van der Waals surface area contributed by atoms with E-state index >= 15 is 0 Å². The number of hydrogen-bond donors (Lipinski definition) is 1. The number of benzene rings is 1. The smallest absolute Gasteiger partial charge is 0.417 e. The van der Waals surface area contributed by atoms with Crippen molar-refractivity contribution in [2.45, 2.75) is 109 Å². The molecule has 1 aromatic heterocycles. The second kappa shape index (κ2) is 13.3. The number of likely N-dealkylation sites (tertiary alicyclic amines) is 1. The predicted molar refractivity (Wildman–Crippen MR) is 152 cm³/mol. The van der Waals surface area contributed by atoms with E-state index in [-0.39, 0.29) is 35.3 Å². The Kier molecular flexibility index (Phi) is 9.99. The highest BCUT2D eigenvalue weighted by molar-refractivity contribution is 5.94. The average Bonchev–Trinajstić information content (AvgIpc) is 3.62. The third kappa shape index (κ3) is 7.92. The number of hydrogen-bond acceptors (Lipinski definition) is 5. The number of carbonyl (C=O) groups is 3. The number of amides is 2. The number of rotatable bonds is 11. The molecular weight excluding hydrogens is 549 g/mol. The molecule has 1 saturated carbocycles. The fourth-order valence-corrected chi connectivity index (χ4v) is 5.61. The molecule has 1 aliphatic carbocycles. The van der Waals surface area contributed by atoms with Gasteiger partial charge >= 0.3 is 12.1 Å². The van der Waals surface area contributed by atoms with Gasteiger partial charge in [-0.3, -0.25) is 19.1 Å². The first kappa shape index (κ1) is 31.6. The van der Waals surface area contributed by atoms with Crippen molar-refractivity contribution in [2.75, 3.05) is 13.1 Å². The third-order valence-corrected chi connectivity index (χ3v) is 8.31.